The molecule has 7 heteroatoms. The van der Waals surface area contributed by atoms with E-state index in [1.54, 1.807) is 0 Å². The van der Waals surface area contributed by atoms with E-state index in [4.69, 9.17) is 5.73 Å². The van der Waals surface area contributed by atoms with Crippen LogP contribution in [0.15, 0.2) is 0 Å². The highest BCUT2D eigenvalue weighted by molar-refractivity contribution is 5.03. The molecule has 3 aliphatic carbocycles. The van der Waals surface area contributed by atoms with E-state index in [-0.39, 0.29) is 0 Å². The monoisotopic (exact) mass is 391 g/mol. The van der Waals surface area contributed by atoms with Gasteiger partial charge in [-0.2, -0.15) is 0 Å². The van der Waals surface area contributed by atoms with E-state index in [0.717, 1.165) is 43.6 Å². The molecule has 0 aromatic heterocycles. The van der Waals surface area contributed by atoms with Crippen molar-refractivity contribution in [2.45, 2.75) is 81.9 Å². The predicted molar refractivity (Wildman–Crippen MR) is 112 cm³/mol. The smallest absolute Gasteiger partial charge is 0.0817 e. The molecular weight excluding hydrogens is 350 g/mol. The Bertz CT molecular complexity index is 523. The van der Waals surface area contributed by atoms with E-state index in [9.17, 15) is 0 Å². The van der Waals surface area contributed by atoms with Crippen molar-refractivity contribution in [2.75, 3.05) is 33.2 Å². The Labute approximate surface area is 170 Å². The fraction of sp³-hybridized carbons (Fsp3) is 1.00. The third-order valence-electron chi connectivity index (χ3n) is 7.66. The maximum atomic E-state index is 5.75. The van der Waals surface area contributed by atoms with Crippen LogP contribution in [0.25, 0.3) is 0 Å². The molecule has 2 heterocycles. The van der Waals surface area contributed by atoms with Crippen LogP contribution in [0.2, 0.25) is 0 Å². The van der Waals surface area contributed by atoms with Crippen molar-refractivity contribution in [3.05, 3.63) is 0 Å². The fourth-order valence-electron chi connectivity index (χ4n) is 5.89. The highest BCUT2D eigenvalue weighted by Crippen LogP contribution is 2.37. The summed E-state index contributed by atoms with van der Waals surface area (Å²) in [5, 5.41) is 14.6. The standard InChI is InChI=1S/C21H41N7/c1-27(10-9-22)13-14-3-2-4-15(11-14)19-25-20(24-16-5-6-16)18-12-23-28(17-7-8-17)21(18)26-19/h14-21,23-26H,2-13,22H2,1H3. The topological polar surface area (TPSA) is 80.6 Å². The number of hydrogen-bond acceptors (Lipinski definition) is 7. The van der Waals surface area contributed by atoms with Crippen molar-refractivity contribution in [3.63, 3.8) is 0 Å². The number of hydrogen-bond donors (Lipinski definition) is 5. The van der Waals surface area contributed by atoms with E-state index in [0.29, 0.717) is 24.4 Å². The maximum absolute atomic E-state index is 5.75. The lowest BCUT2D eigenvalue weighted by Gasteiger charge is -2.47. The molecule has 0 spiro atoms. The molecule has 0 amide bonds. The second kappa shape index (κ2) is 8.46. The molecule has 7 nitrogen and oxygen atoms in total. The van der Waals surface area contributed by atoms with Gasteiger partial charge in [0.15, 0.2) is 0 Å². The zero-order valence-corrected chi connectivity index (χ0v) is 17.6. The molecule has 0 bridgehead atoms. The van der Waals surface area contributed by atoms with Crippen LogP contribution >= 0.6 is 0 Å². The van der Waals surface area contributed by atoms with E-state index < -0.39 is 0 Å². The molecule has 2 saturated heterocycles. The van der Waals surface area contributed by atoms with Crippen LogP contribution in [0.4, 0.5) is 0 Å². The summed E-state index contributed by atoms with van der Waals surface area (Å²) in [6.45, 7) is 4.07. The summed E-state index contributed by atoms with van der Waals surface area (Å²) in [6, 6.07) is 1.50. The van der Waals surface area contributed by atoms with Crippen LogP contribution in [-0.4, -0.2) is 73.7 Å². The van der Waals surface area contributed by atoms with Crippen LogP contribution in [0, 0.1) is 17.8 Å². The minimum atomic E-state index is 0.432. The van der Waals surface area contributed by atoms with Crippen LogP contribution < -0.4 is 27.1 Å². The highest BCUT2D eigenvalue weighted by Gasteiger charge is 2.50. The summed E-state index contributed by atoms with van der Waals surface area (Å²) in [6.07, 6.45) is 12.2. The zero-order valence-electron chi connectivity index (χ0n) is 17.6. The van der Waals surface area contributed by atoms with Crippen molar-refractivity contribution in [1.29, 1.82) is 0 Å². The lowest BCUT2D eigenvalue weighted by atomic mass is 9.78. The van der Waals surface area contributed by atoms with Gasteiger partial charge in [0.25, 0.3) is 0 Å². The second-order valence-corrected chi connectivity index (χ2v) is 10.2. The van der Waals surface area contributed by atoms with Crippen molar-refractivity contribution < 1.29 is 0 Å². The van der Waals surface area contributed by atoms with Crippen LogP contribution in [0.1, 0.15) is 51.4 Å². The average Bonchev–Trinajstić information content (AvgIpc) is 3.62. The Morgan fingerprint density at radius 2 is 1.96 bits per heavy atom. The molecule has 0 aromatic rings. The van der Waals surface area contributed by atoms with Gasteiger partial charge in [0.2, 0.25) is 0 Å². The Kier molecular flexibility index (Phi) is 5.94. The molecule has 3 saturated carbocycles. The summed E-state index contributed by atoms with van der Waals surface area (Å²) < 4.78 is 0. The van der Waals surface area contributed by atoms with Crippen LogP contribution in [0.3, 0.4) is 0 Å². The summed E-state index contributed by atoms with van der Waals surface area (Å²) in [5.41, 5.74) is 9.48. The first-order valence-corrected chi connectivity index (χ1v) is 11.9. The minimum Gasteiger partial charge on any atom is -0.329 e. The number of likely N-dealkylation sites (N-methyl/N-ethyl adjacent to an activating group) is 1. The largest absolute Gasteiger partial charge is 0.329 e. The number of rotatable bonds is 8. The SMILES string of the molecule is CN(CCN)CC1CCCC(C2NC(NC3CC3)C3CNN(C4CC4)C3N2)C1. The average molecular weight is 392 g/mol. The van der Waals surface area contributed by atoms with Gasteiger partial charge in [-0.3, -0.25) is 21.4 Å². The quantitative estimate of drug-likeness (QED) is 0.405. The number of hydrazine groups is 1. The Hall–Kier alpha value is -0.280. The van der Waals surface area contributed by atoms with E-state index in [2.05, 4.69) is 38.3 Å². The molecule has 0 radical (unpaired) electrons. The molecule has 0 aromatic carbocycles. The van der Waals surface area contributed by atoms with Gasteiger partial charge in [-0.1, -0.05) is 6.42 Å². The third kappa shape index (κ3) is 4.41. The molecule has 5 rings (SSSR count). The Morgan fingerprint density at radius 3 is 2.71 bits per heavy atom. The van der Waals surface area contributed by atoms with Gasteiger partial charge in [-0.15, -0.1) is 0 Å². The highest BCUT2D eigenvalue weighted by atomic mass is 15.6. The van der Waals surface area contributed by atoms with Gasteiger partial charge in [0.05, 0.1) is 18.5 Å². The van der Waals surface area contributed by atoms with Crippen LogP contribution in [-0.2, 0) is 0 Å². The third-order valence-corrected chi connectivity index (χ3v) is 7.66. The molecule has 2 aliphatic heterocycles. The van der Waals surface area contributed by atoms with Crippen molar-refractivity contribution in [1.82, 2.24) is 31.3 Å². The van der Waals surface area contributed by atoms with E-state index in [1.165, 1.54) is 57.9 Å². The predicted octanol–water partition coefficient (Wildman–Crippen LogP) is 0.205. The zero-order chi connectivity index (χ0) is 19.1. The second-order valence-electron chi connectivity index (χ2n) is 10.2. The first kappa shape index (κ1) is 19.7. The number of fused-ring (bicyclic) bond motifs is 1. The molecule has 5 fully saturated rings. The summed E-state index contributed by atoms with van der Waals surface area (Å²) >= 11 is 0. The summed E-state index contributed by atoms with van der Waals surface area (Å²) in [5.74, 6) is 2.16. The maximum Gasteiger partial charge on any atom is 0.0817 e. The first-order valence-electron chi connectivity index (χ1n) is 11.9. The normalized spacial score (nSPS) is 42.1. The van der Waals surface area contributed by atoms with Crippen molar-refractivity contribution >= 4 is 0 Å². The lowest BCUT2D eigenvalue weighted by Crippen LogP contribution is -2.71. The first-order chi connectivity index (χ1) is 13.7. The molecule has 160 valence electrons. The van der Waals surface area contributed by atoms with Gasteiger partial charge < -0.3 is 10.6 Å². The van der Waals surface area contributed by atoms with Gasteiger partial charge in [-0.25, -0.2) is 5.01 Å². The van der Waals surface area contributed by atoms with Crippen molar-refractivity contribution in [2.24, 2.45) is 23.5 Å². The Morgan fingerprint density at radius 1 is 1.11 bits per heavy atom. The molecule has 6 N–H and O–H groups in total. The van der Waals surface area contributed by atoms with Gasteiger partial charge in [-0.05, 0) is 63.8 Å². The summed E-state index contributed by atoms with van der Waals surface area (Å²) in [7, 11) is 2.23. The molecule has 28 heavy (non-hydrogen) atoms. The molecular formula is C21H41N7. The van der Waals surface area contributed by atoms with Gasteiger partial charge >= 0.3 is 0 Å². The Balaban J connectivity index is 1.24. The molecule has 5 aliphatic rings. The van der Waals surface area contributed by atoms with Crippen LogP contribution in [0.5, 0.6) is 0 Å². The van der Waals surface area contributed by atoms with E-state index >= 15 is 0 Å². The fourth-order valence-corrected chi connectivity index (χ4v) is 5.89. The molecule has 6 atom stereocenters. The van der Waals surface area contributed by atoms with Gasteiger partial charge in [0.1, 0.15) is 0 Å². The van der Waals surface area contributed by atoms with Crippen molar-refractivity contribution in [3.8, 4) is 0 Å². The summed E-state index contributed by atoms with van der Waals surface area (Å²) in [4.78, 5) is 2.43. The minimum absolute atomic E-state index is 0.432. The lowest BCUT2D eigenvalue weighted by molar-refractivity contribution is 0.0320. The van der Waals surface area contributed by atoms with Gasteiger partial charge in [0, 0.05) is 44.2 Å². The van der Waals surface area contributed by atoms with E-state index in [1.807, 2.05) is 0 Å². The number of nitrogens with two attached hydrogens (primary N) is 1. The number of nitrogens with one attached hydrogen (secondary N) is 4. The number of nitrogens with zero attached hydrogens (tertiary/aromatic N) is 2. The molecule has 6 unspecified atom stereocenters.